The second-order valence-corrected chi connectivity index (χ2v) is 4.69. The summed E-state index contributed by atoms with van der Waals surface area (Å²) in [6.07, 6.45) is 3.19. The molecular formula is C16H19ClN2O2. The fraction of sp³-hybridized carbons (Fsp3) is 0.250. The number of methoxy groups -OCH3 is 1. The summed E-state index contributed by atoms with van der Waals surface area (Å²) < 4.78 is 5.38. The third-order valence-corrected chi connectivity index (χ3v) is 3.15. The predicted molar refractivity (Wildman–Crippen MR) is 85.1 cm³/mol. The van der Waals surface area contributed by atoms with Gasteiger partial charge in [0.05, 0.1) is 12.7 Å². The number of halogens is 1. The fourth-order valence-electron chi connectivity index (χ4n) is 2.13. The molecule has 5 heteroatoms. The average molecular weight is 307 g/mol. The van der Waals surface area contributed by atoms with Crippen LogP contribution in [-0.4, -0.2) is 18.0 Å². The molecular weight excluding hydrogens is 288 g/mol. The second-order valence-electron chi connectivity index (χ2n) is 4.69. The minimum atomic E-state index is -0.139. The maximum Gasteiger partial charge on any atom is 0.253 e. The maximum absolute atomic E-state index is 12.0. The van der Waals surface area contributed by atoms with Gasteiger partial charge >= 0.3 is 0 Å². The third-order valence-electron chi connectivity index (χ3n) is 3.15. The van der Waals surface area contributed by atoms with Gasteiger partial charge in [-0.2, -0.15) is 0 Å². The first-order valence-electron chi connectivity index (χ1n) is 6.44. The van der Waals surface area contributed by atoms with E-state index in [1.165, 1.54) is 0 Å². The van der Waals surface area contributed by atoms with E-state index in [1.807, 2.05) is 19.9 Å². The Hall–Kier alpha value is -2.07. The average Bonchev–Trinajstić information content (AvgIpc) is 2.46. The highest BCUT2D eigenvalue weighted by atomic mass is 35.5. The van der Waals surface area contributed by atoms with Crippen LogP contribution in [0.25, 0.3) is 0 Å². The first-order valence-corrected chi connectivity index (χ1v) is 6.44. The van der Waals surface area contributed by atoms with E-state index >= 15 is 0 Å². The van der Waals surface area contributed by atoms with Crippen LogP contribution < -0.4 is 10.1 Å². The Morgan fingerprint density at radius 3 is 2.71 bits per heavy atom. The normalized spacial score (nSPS) is 9.67. The van der Waals surface area contributed by atoms with Gasteiger partial charge in [-0.25, -0.2) is 0 Å². The van der Waals surface area contributed by atoms with Crippen LogP contribution in [0.15, 0.2) is 36.7 Å². The Balaban J connectivity index is 0.00000220. The number of hydrogen-bond acceptors (Lipinski definition) is 3. The van der Waals surface area contributed by atoms with Crippen molar-refractivity contribution in [2.24, 2.45) is 0 Å². The summed E-state index contributed by atoms with van der Waals surface area (Å²) >= 11 is 0. The number of carbonyl (C=O) groups excluding carboxylic acids is 1. The first kappa shape index (κ1) is 17.0. The largest absolute Gasteiger partial charge is 0.496 e. The molecule has 0 aliphatic heterocycles. The van der Waals surface area contributed by atoms with Crippen molar-refractivity contribution >= 4 is 18.3 Å². The fourth-order valence-corrected chi connectivity index (χ4v) is 2.13. The van der Waals surface area contributed by atoms with E-state index in [9.17, 15) is 4.79 Å². The number of rotatable bonds is 4. The van der Waals surface area contributed by atoms with Crippen molar-refractivity contribution < 1.29 is 9.53 Å². The lowest BCUT2D eigenvalue weighted by Crippen LogP contribution is -2.23. The van der Waals surface area contributed by atoms with Crippen LogP contribution in [0.3, 0.4) is 0 Å². The van der Waals surface area contributed by atoms with Crippen molar-refractivity contribution in [1.82, 2.24) is 10.3 Å². The topological polar surface area (TPSA) is 51.2 Å². The summed E-state index contributed by atoms with van der Waals surface area (Å²) in [7, 11) is 1.64. The van der Waals surface area contributed by atoms with Gasteiger partial charge in [0.25, 0.3) is 5.91 Å². The van der Waals surface area contributed by atoms with E-state index in [1.54, 1.807) is 31.6 Å². The van der Waals surface area contributed by atoms with Crippen LogP contribution in [0.5, 0.6) is 5.75 Å². The zero-order chi connectivity index (χ0) is 14.5. The molecule has 0 radical (unpaired) electrons. The summed E-state index contributed by atoms with van der Waals surface area (Å²) in [5, 5.41) is 2.89. The minimum Gasteiger partial charge on any atom is -0.496 e. The van der Waals surface area contributed by atoms with E-state index in [4.69, 9.17) is 4.74 Å². The Labute approximate surface area is 131 Å². The number of pyridine rings is 1. The summed E-state index contributed by atoms with van der Waals surface area (Å²) in [5.74, 6) is 0.661. The lowest BCUT2D eigenvalue weighted by molar-refractivity contribution is 0.0950. The smallest absolute Gasteiger partial charge is 0.253 e. The van der Waals surface area contributed by atoms with Crippen LogP contribution in [0.2, 0.25) is 0 Å². The van der Waals surface area contributed by atoms with E-state index in [-0.39, 0.29) is 18.3 Å². The van der Waals surface area contributed by atoms with Crippen molar-refractivity contribution in [2.75, 3.05) is 7.11 Å². The highest BCUT2D eigenvalue weighted by Gasteiger charge is 2.10. The lowest BCUT2D eigenvalue weighted by atomic mass is 10.0. The van der Waals surface area contributed by atoms with Gasteiger partial charge in [0.15, 0.2) is 0 Å². The molecule has 0 fully saturated rings. The van der Waals surface area contributed by atoms with Crippen LogP contribution in [0, 0.1) is 13.8 Å². The maximum atomic E-state index is 12.0. The highest BCUT2D eigenvalue weighted by molar-refractivity contribution is 5.93. The number of amides is 1. The number of hydrogen-bond donors (Lipinski definition) is 1. The molecule has 1 amide bonds. The van der Waals surface area contributed by atoms with Crippen molar-refractivity contribution in [1.29, 1.82) is 0 Å². The molecule has 0 saturated heterocycles. The van der Waals surface area contributed by atoms with Crippen LogP contribution >= 0.6 is 12.4 Å². The molecule has 1 aromatic carbocycles. The monoisotopic (exact) mass is 306 g/mol. The van der Waals surface area contributed by atoms with Gasteiger partial charge in [-0.3, -0.25) is 9.78 Å². The number of aryl methyl sites for hydroxylation is 2. The van der Waals surface area contributed by atoms with E-state index < -0.39 is 0 Å². The van der Waals surface area contributed by atoms with Gasteiger partial charge < -0.3 is 10.1 Å². The molecule has 0 unspecified atom stereocenters. The lowest BCUT2D eigenvalue weighted by Gasteiger charge is -2.13. The molecule has 2 aromatic rings. The number of nitrogens with zero attached hydrogens (tertiary/aromatic N) is 1. The van der Waals surface area contributed by atoms with E-state index in [0.29, 0.717) is 12.1 Å². The predicted octanol–water partition coefficient (Wildman–Crippen LogP) is 3.06. The van der Waals surface area contributed by atoms with Gasteiger partial charge in [-0.1, -0.05) is 6.07 Å². The molecule has 0 aliphatic carbocycles. The summed E-state index contributed by atoms with van der Waals surface area (Å²) in [6.45, 7) is 4.47. The molecule has 21 heavy (non-hydrogen) atoms. The van der Waals surface area contributed by atoms with Gasteiger partial charge in [0.2, 0.25) is 0 Å². The summed E-state index contributed by atoms with van der Waals surface area (Å²) in [6, 6.07) is 7.53. The second kappa shape index (κ2) is 7.64. The van der Waals surface area contributed by atoms with Crippen molar-refractivity contribution in [2.45, 2.75) is 20.4 Å². The molecule has 1 heterocycles. The molecule has 0 bridgehead atoms. The Kier molecular flexibility index (Phi) is 6.18. The van der Waals surface area contributed by atoms with Gasteiger partial charge in [0.1, 0.15) is 5.75 Å². The minimum absolute atomic E-state index is 0. The molecule has 1 N–H and O–H groups in total. The van der Waals surface area contributed by atoms with E-state index in [2.05, 4.69) is 16.4 Å². The molecule has 4 nitrogen and oxygen atoms in total. The zero-order valence-electron chi connectivity index (χ0n) is 12.3. The number of benzene rings is 1. The SMILES string of the molecule is COc1cc(C)cc(C)c1CNC(=O)c1cccnc1.Cl. The highest BCUT2D eigenvalue weighted by Crippen LogP contribution is 2.24. The molecule has 0 saturated carbocycles. The zero-order valence-corrected chi connectivity index (χ0v) is 13.2. The van der Waals surface area contributed by atoms with Gasteiger partial charge in [-0.05, 0) is 43.2 Å². The molecule has 2 rings (SSSR count). The van der Waals surface area contributed by atoms with Gasteiger partial charge in [0, 0.05) is 24.5 Å². The Bertz CT molecular complexity index is 615. The van der Waals surface area contributed by atoms with Crippen LogP contribution in [0.4, 0.5) is 0 Å². The number of carbonyl (C=O) groups is 1. The molecule has 1 aromatic heterocycles. The number of nitrogens with one attached hydrogen (secondary N) is 1. The van der Waals surface area contributed by atoms with E-state index in [0.717, 1.165) is 22.4 Å². The molecule has 0 atom stereocenters. The van der Waals surface area contributed by atoms with Crippen molar-refractivity contribution in [3.63, 3.8) is 0 Å². The molecule has 112 valence electrons. The molecule has 0 aliphatic rings. The van der Waals surface area contributed by atoms with Crippen molar-refractivity contribution in [3.8, 4) is 5.75 Å². The molecule has 0 spiro atoms. The summed E-state index contributed by atoms with van der Waals surface area (Å²) in [5.41, 5.74) is 3.79. The van der Waals surface area contributed by atoms with Crippen molar-refractivity contribution in [3.05, 3.63) is 58.9 Å². The van der Waals surface area contributed by atoms with Gasteiger partial charge in [-0.15, -0.1) is 12.4 Å². The van der Waals surface area contributed by atoms with Crippen LogP contribution in [-0.2, 0) is 6.54 Å². The number of aromatic nitrogens is 1. The standard InChI is InChI=1S/C16H18N2O2.ClH/c1-11-7-12(2)14(15(8-11)20-3)10-18-16(19)13-5-4-6-17-9-13;/h4-9H,10H2,1-3H3,(H,18,19);1H. The summed E-state index contributed by atoms with van der Waals surface area (Å²) in [4.78, 5) is 15.9. The third kappa shape index (κ3) is 4.20. The first-order chi connectivity index (χ1) is 9.61. The quantitative estimate of drug-likeness (QED) is 0.944. The number of ether oxygens (including phenoxy) is 1. The Morgan fingerprint density at radius 1 is 1.33 bits per heavy atom. The Morgan fingerprint density at radius 2 is 2.10 bits per heavy atom. The van der Waals surface area contributed by atoms with Crippen LogP contribution in [0.1, 0.15) is 27.0 Å².